The van der Waals surface area contributed by atoms with Crippen molar-refractivity contribution in [2.45, 2.75) is 32.6 Å². The molecule has 1 aromatic heterocycles. The number of likely N-dealkylation sites (N-methyl/N-ethyl adjacent to an activating group) is 1. The van der Waals surface area contributed by atoms with Gasteiger partial charge >= 0.3 is 0 Å². The molecule has 84 valence electrons. The number of imidazole rings is 1. The van der Waals surface area contributed by atoms with Crippen LogP contribution in [0.1, 0.15) is 30.6 Å². The summed E-state index contributed by atoms with van der Waals surface area (Å²) in [6.07, 6.45) is 4.68. The first-order valence-corrected chi connectivity index (χ1v) is 5.86. The minimum Gasteiger partial charge on any atom is -0.346 e. The summed E-state index contributed by atoms with van der Waals surface area (Å²) in [6, 6.07) is 0. The van der Waals surface area contributed by atoms with Gasteiger partial charge in [0.15, 0.2) is 0 Å². The molecule has 1 atom stereocenters. The quantitative estimate of drug-likeness (QED) is 0.817. The van der Waals surface area contributed by atoms with Gasteiger partial charge in [0.25, 0.3) is 0 Å². The number of hydrogen-bond acceptors (Lipinski definition) is 2. The fourth-order valence-electron chi connectivity index (χ4n) is 2.16. The average Bonchev–Trinajstić information content (AvgIpc) is 2.56. The van der Waals surface area contributed by atoms with Crippen LogP contribution >= 0.6 is 0 Å². The van der Waals surface area contributed by atoms with Crippen molar-refractivity contribution in [1.82, 2.24) is 14.9 Å². The van der Waals surface area contributed by atoms with Gasteiger partial charge < -0.3 is 9.88 Å². The van der Waals surface area contributed by atoms with Crippen LogP contribution in [-0.2, 0) is 19.3 Å². The molecular weight excluding hydrogens is 186 g/mol. The predicted octanol–water partition coefficient (Wildman–Crippen LogP) is 1.64. The maximum Gasteiger partial charge on any atom is 0.107 e. The summed E-state index contributed by atoms with van der Waals surface area (Å²) in [5.74, 6) is 1.99. The molecule has 0 radical (unpaired) electrons. The molecule has 1 N–H and O–H groups in total. The van der Waals surface area contributed by atoms with E-state index in [0.717, 1.165) is 25.3 Å². The Morgan fingerprint density at radius 3 is 3.00 bits per heavy atom. The topological polar surface area (TPSA) is 31.9 Å². The van der Waals surface area contributed by atoms with E-state index in [9.17, 15) is 0 Å². The zero-order valence-electron chi connectivity index (χ0n) is 10.0. The Hall–Kier alpha value is -0.830. The van der Waals surface area contributed by atoms with E-state index in [0.29, 0.717) is 0 Å². The summed E-state index contributed by atoms with van der Waals surface area (Å²) in [4.78, 5) is 10.4. The maximum atomic E-state index is 4.67. The standard InChI is InChI=1S/C12H21N3/c1-9-4-5-10-11(8-9)14-12(13-10)6-7-15(2)3/h9H,4-8H2,1-3H3,(H,13,14). The van der Waals surface area contributed by atoms with Gasteiger partial charge in [0.05, 0.1) is 5.69 Å². The number of nitrogens with zero attached hydrogens (tertiary/aromatic N) is 2. The van der Waals surface area contributed by atoms with Crippen LogP contribution in [0.25, 0.3) is 0 Å². The van der Waals surface area contributed by atoms with Gasteiger partial charge in [-0.2, -0.15) is 0 Å². The molecule has 2 rings (SSSR count). The van der Waals surface area contributed by atoms with Gasteiger partial charge in [0, 0.05) is 18.7 Å². The Labute approximate surface area is 91.9 Å². The second kappa shape index (κ2) is 4.35. The molecule has 0 aliphatic heterocycles. The van der Waals surface area contributed by atoms with Crippen molar-refractivity contribution >= 4 is 0 Å². The Bertz CT molecular complexity index is 328. The molecule has 1 aliphatic carbocycles. The molecule has 0 fully saturated rings. The highest BCUT2D eigenvalue weighted by Crippen LogP contribution is 2.23. The molecule has 3 heteroatoms. The van der Waals surface area contributed by atoms with Crippen molar-refractivity contribution in [3.05, 3.63) is 17.2 Å². The average molecular weight is 207 g/mol. The first-order valence-electron chi connectivity index (χ1n) is 5.86. The third-order valence-electron chi connectivity index (χ3n) is 3.14. The van der Waals surface area contributed by atoms with E-state index in [1.54, 1.807) is 0 Å². The van der Waals surface area contributed by atoms with Crippen LogP contribution in [0.15, 0.2) is 0 Å². The molecule has 0 spiro atoms. The highest BCUT2D eigenvalue weighted by Gasteiger charge is 2.18. The number of hydrogen-bond donors (Lipinski definition) is 1. The van der Waals surface area contributed by atoms with E-state index in [-0.39, 0.29) is 0 Å². The Balaban J connectivity index is 2.03. The van der Waals surface area contributed by atoms with Crippen molar-refractivity contribution in [1.29, 1.82) is 0 Å². The molecule has 0 aromatic carbocycles. The minimum absolute atomic E-state index is 0.819. The van der Waals surface area contributed by atoms with Crippen molar-refractivity contribution in [3.63, 3.8) is 0 Å². The van der Waals surface area contributed by atoms with Crippen molar-refractivity contribution in [3.8, 4) is 0 Å². The van der Waals surface area contributed by atoms with E-state index >= 15 is 0 Å². The number of rotatable bonds is 3. The minimum atomic E-state index is 0.819. The van der Waals surface area contributed by atoms with Crippen LogP contribution in [-0.4, -0.2) is 35.5 Å². The highest BCUT2D eigenvalue weighted by atomic mass is 15.1. The van der Waals surface area contributed by atoms with E-state index in [4.69, 9.17) is 0 Å². The summed E-state index contributed by atoms with van der Waals surface area (Å²) in [5.41, 5.74) is 2.71. The lowest BCUT2D eigenvalue weighted by molar-refractivity contribution is 0.410. The molecule has 0 amide bonds. The van der Waals surface area contributed by atoms with Gasteiger partial charge in [-0.15, -0.1) is 0 Å². The van der Waals surface area contributed by atoms with Crippen LogP contribution in [0.5, 0.6) is 0 Å². The number of fused-ring (bicyclic) bond motifs is 1. The Kier molecular flexibility index (Phi) is 3.10. The zero-order valence-corrected chi connectivity index (χ0v) is 10.0. The van der Waals surface area contributed by atoms with Crippen LogP contribution in [0, 0.1) is 5.92 Å². The number of aromatic nitrogens is 2. The summed E-state index contributed by atoms with van der Waals surface area (Å²) in [6.45, 7) is 3.39. The van der Waals surface area contributed by atoms with Crippen LogP contribution in [0.4, 0.5) is 0 Å². The Morgan fingerprint density at radius 1 is 1.47 bits per heavy atom. The van der Waals surface area contributed by atoms with E-state index in [2.05, 4.69) is 35.9 Å². The monoisotopic (exact) mass is 207 g/mol. The molecule has 1 unspecified atom stereocenters. The summed E-state index contributed by atoms with van der Waals surface area (Å²) in [5, 5.41) is 0. The van der Waals surface area contributed by atoms with Gasteiger partial charge in [-0.05, 0) is 39.3 Å². The fourth-order valence-corrected chi connectivity index (χ4v) is 2.16. The summed E-state index contributed by atoms with van der Waals surface area (Å²) < 4.78 is 0. The Morgan fingerprint density at radius 2 is 2.27 bits per heavy atom. The summed E-state index contributed by atoms with van der Waals surface area (Å²) in [7, 11) is 4.20. The van der Waals surface area contributed by atoms with E-state index in [1.807, 2.05) is 0 Å². The fraction of sp³-hybridized carbons (Fsp3) is 0.750. The molecule has 15 heavy (non-hydrogen) atoms. The van der Waals surface area contributed by atoms with Gasteiger partial charge in [-0.25, -0.2) is 4.98 Å². The predicted molar refractivity (Wildman–Crippen MR) is 62.0 cm³/mol. The lowest BCUT2D eigenvalue weighted by atomic mass is 9.92. The third kappa shape index (κ3) is 2.59. The van der Waals surface area contributed by atoms with Gasteiger partial charge in [-0.1, -0.05) is 6.92 Å². The molecule has 0 saturated heterocycles. The molecule has 1 heterocycles. The molecule has 3 nitrogen and oxygen atoms in total. The summed E-state index contributed by atoms with van der Waals surface area (Å²) >= 11 is 0. The first kappa shape index (κ1) is 10.7. The third-order valence-corrected chi connectivity index (χ3v) is 3.14. The second-order valence-corrected chi connectivity index (χ2v) is 5.01. The second-order valence-electron chi connectivity index (χ2n) is 5.01. The molecule has 0 bridgehead atoms. The lowest BCUT2D eigenvalue weighted by Crippen LogP contribution is -2.15. The number of H-pyrrole nitrogens is 1. The van der Waals surface area contributed by atoms with E-state index < -0.39 is 0 Å². The van der Waals surface area contributed by atoms with Gasteiger partial charge in [0.2, 0.25) is 0 Å². The van der Waals surface area contributed by atoms with Gasteiger partial charge in [0.1, 0.15) is 5.82 Å². The van der Waals surface area contributed by atoms with Gasteiger partial charge in [-0.3, -0.25) is 0 Å². The largest absolute Gasteiger partial charge is 0.346 e. The normalized spacial score (nSPS) is 20.7. The van der Waals surface area contributed by atoms with Crippen LogP contribution < -0.4 is 0 Å². The number of nitrogens with one attached hydrogen (secondary N) is 1. The van der Waals surface area contributed by atoms with Crippen molar-refractivity contribution in [2.75, 3.05) is 20.6 Å². The molecule has 1 aliphatic rings. The zero-order chi connectivity index (χ0) is 10.8. The highest BCUT2D eigenvalue weighted by molar-refractivity contribution is 5.18. The van der Waals surface area contributed by atoms with Crippen LogP contribution in [0.2, 0.25) is 0 Å². The first-order chi connectivity index (χ1) is 7.15. The smallest absolute Gasteiger partial charge is 0.107 e. The maximum absolute atomic E-state index is 4.67. The van der Waals surface area contributed by atoms with Crippen molar-refractivity contribution in [2.24, 2.45) is 5.92 Å². The number of aromatic amines is 1. The SMILES string of the molecule is CC1CCc2nc(CCN(C)C)[nH]c2C1. The molecule has 0 saturated carbocycles. The van der Waals surface area contributed by atoms with Crippen molar-refractivity contribution < 1.29 is 0 Å². The van der Waals surface area contributed by atoms with E-state index in [1.165, 1.54) is 30.1 Å². The van der Waals surface area contributed by atoms with Crippen LogP contribution in [0.3, 0.4) is 0 Å². The lowest BCUT2D eigenvalue weighted by Gasteiger charge is -2.15. The molecular formula is C12H21N3. The number of aryl methyl sites for hydroxylation is 1. The molecule has 1 aromatic rings.